The maximum atomic E-state index is 11.7. The summed E-state index contributed by atoms with van der Waals surface area (Å²) in [6.07, 6.45) is 1.34. The zero-order chi connectivity index (χ0) is 18.7. The largest absolute Gasteiger partial charge is 0.343 e. The number of hydrogen-bond acceptors (Lipinski definition) is 6. The van der Waals surface area contributed by atoms with Crippen LogP contribution in [0.2, 0.25) is 0 Å². The van der Waals surface area contributed by atoms with Gasteiger partial charge in [-0.25, -0.2) is 9.97 Å². The van der Waals surface area contributed by atoms with Crippen LogP contribution in [0.5, 0.6) is 0 Å². The summed E-state index contributed by atoms with van der Waals surface area (Å²) in [5.74, 6) is 0.188. The van der Waals surface area contributed by atoms with Crippen molar-refractivity contribution in [2.45, 2.75) is 30.7 Å². The van der Waals surface area contributed by atoms with Crippen molar-refractivity contribution in [3.8, 4) is 0 Å². The van der Waals surface area contributed by atoms with E-state index in [4.69, 9.17) is 0 Å². The summed E-state index contributed by atoms with van der Waals surface area (Å²) in [7, 11) is 0. The average Bonchev–Trinajstić information content (AvgIpc) is 2.61. The zero-order valence-corrected chi connectivity index (χ0v) is 15.5. The standard InChI is InChI=1S/C19H18N4O2S/c1-12-7-9-15(10-8-12)26-19-17(23(24)25)18(20-11-21-19)22-16-6-4-5-13(2)14(16)3/h4-11H,1-3H3,(H,20,21,22). The number of benzene rings is 2. The lowest BCUT2D eigenvalue weighted by Gasteiger charge is -2.12. The van der Waals surface area contributed by atoms with Gasteiger partial charge in [0.25, 0.3) is 0 Å². The number of aryl methyl sites for hydroxylation is 2. The fourth-order valence-corrected chi connectivity index (χ4v) is 3.29. The van der Waals surface area contributed by atoms with E-state index in [0.717, 1.165) is 27.3 Å². The normalized spacial score (nSPS) is 10.6. The number of nitrogens with zero attached hydrogens (tertiary/aromatic N) is 3. The first kappa shape index (κ1) is 17.9. The van der Waals surface area contributed by atoms with E-state index in [0.29, 0.717) is 5.03 Å². The Bertz CT molecular complexity index is 958. The van der Waals surface area contributed by atoms with Crippen molar-refractivity contribution >= 4 is 29.0 Å². The van der Waals surface area contributed by atoms with Gasteiger partial charge in [0.15, 0.2) is 5.03 Å². The van der Waals surface area contributed by atoms with Gasteiger partial charge in [-0.05, 0) is 50.1 Å². The molecule has 1 aromatic heterocycles. The van der Waals surface area contributed by atoms with Gasteiger partial charge >= 0.3 is 5.69 Å². The van der Waals surface area contributed by atoms with Gasteiger partial charge in [-0.2, -0.15) is 0 Å². The Morgan fingerprint density at radius 3 is 2.46 bits per heavy atom. The van der Waals surface area contributed by atoms with Crippen LogP contribution in [0.1, 0.15) is 16.7 Å². The van der Waals surface area contributed by atoms with Crippen molar-refractivity contribution in [3.05, 3.63) is 75.6 Å². The molecule has 6 nitrogen and oxygen atoms in total. The molecule has 0 saturated heterocycles. The van der Waals surface area contributed by atoms with Crippen LogP contribution < -0.4 is 5.32 Å². The van der Waals surface area contributed by atoms with Crippen LogP contribution in [0, 0.1) is 30.9 Å². The molecule has 0 atom stereocenters. The van der Waals surface area contributed by atoms with Gasteiger partial charge in [-0.3, -0.25) is 10.1 Å². The highest BCUT2D eigenvalue weighted by atomic mass is 32.2. The number of anilines is 2. The van der Waals surface area contributed by atoms with Crippen molar-refractivity contribution in [1.82, 2.24) is 9.97 Å². The number of rotatable bonds is 5. The van der Waals surface area contributed by atoms with Gasteiger partial charge in [0.2, 0.25) is 5.82 Å². The Labute approximate surface area is 155 Å². The Kier molecular flexibility index (Phi) is 5.18. The van der Waals surface area contributed by atoms with Crippen LogP contribution in [0.3, 0.4) is 0 Å². The number of aromatic nitrogens is 2. The SMILES string of the molecule is Cc1ccc(Sc2ncnc(Nc3cccc(C)c3C)c2[N+](=O)[O-])cc1. The molecule has 0 amide bonds. The Balaban J connectivity index is 1.99. The molecule has 0 fully saturated rings. The van der Waals surface area contributed by atoms with E-state index < -0.39 is 4.92 Å². The highest BCUT2D eigenvalue weighted by Crippen LogP contribution is 2.38. The fourth-order valence-electron chi connectivity index (χ4n) is 2.43. The molecule has 1 N–H and O–H groups in total. The molecule has 0 radical (unpaired) electrons. The molecule has 0 spiro atoms. The van der Waals surface area contributed by atoms with Crippen molar-refractivity contribution in [3.63, 3.8) is 0 Å². The summed E-state index contributed by atoms with van der Waals surface area (Å²) in [5, 5.41) is 15.1. The maximum Gasteiger partial charge on any atom is 0.343 e. The molecule has 0 saturated carbocycles. The first-order valence-corrected chi connectivity index (χ1v) is 8.84. The van der Waals surface area contributed by atoms with Crippen LogP contribution in [-0.2, 0) is 0 Å². The Morgan fingerprint density at radius 2 is 1.77 bits per heavy atom. The van der Waals surface area contributed by atoms with Crippen LogP contribution in [-0.4, -0.2) is 14.9 Å². The smallest absolute Gasteiger partial charge is 0.334 e. The third kappa shape index (κ3) is 3.83. The van der Waals surface area contributed by atoms with Crippen LogP contribution in [0.25, 0.3) is 0 Å². The summed E-state index contributed by atoms with van der Waals surface area (Å²) >= 11 is 1.25. The van der Waals surface area contributed by atoms with Gasteiger partial charge < -0.3 is 5.32 Å². The molecule has 26 heavy (non-hydrogen) atoms. The lowest BCUT2D eigenvalue weighted by molar-refractivity contribution is -0.387. The topological polar surface area (TPSA) is 81.0 Å². The quantitative estimate of drug-likeness (QED) is 0.379. The zero-order valence-electron chi connectivity index (χ0n) is 14.7. The summed E-state index contributed by atoms with van der Waals surface area (Å²) in [6.45, 7) is 5.95. The summed E-state index contributed by atoms with van der Waals surface area (Å²) in [5.41, 5.74) is 3.91. The molecule has 0 aliphatic rings. The van der Waals surface area contributed by atoms with Crippen molar-refractivity contribution in [2.75, 3.05) is 5.32 Å². The van der Waals surface area contributed by atoms with Crippen molar-refractivity contribution in [2.24, 2.45) is 0 Å². The first-order valence-electron chi connectivity index (χ1n) is 8.03. The second-order valence-corrected chi connectivity index (χ2v) is 6.98. The van der Waals surface area contributed by atoms with E-state index in [-0.39, 0.29) is 11.5 Å². The Hall–Kier alpha value is -2.93. The van der Waals surface area contributed by atoms with Gasteiger partial charge in [0.05, 0.1) is 4.92 Å². The van der Waals surface area contributed by atoms with E-state index in [2.05, 4.69) is 15.3 Å². The van der Waals surface area contributed by atoms with Crippen molar-refractivity contribution < 1.29 is 4.92 Å². The second kappa shape index (κ2) is 7.53. The molecular formula is C19H18N4O2S. The minimum atomic E-state index is -0.440. The lowest BCUT2D eigenvalue weighted by atomic mass is 10.1. The number of nitrogens with one attached hydrogen (secondary N) is 1. The fraction of sp³-hybridized carbons (Fsp3) is 0.158. The second-order valence-electron chi connectivity index (χ2n) is 5.92. The summed E-state index contributed by atoms with van der Waals surface area (Å²) in [4.78, 5) is 20.4. The maximum absolute atomic E-state index is 11.7. The predicted molar refractivity (Wildman–Crippen MR) is 103 cm³/mol. The molecule has 1 heterocycles. The molecule has 3 rings (SSSR count). The molecular weight excluding hydrogens is 348 g/mol. The number of hydrogen-bond donors (Lipinski definition) is 1. The van der Waals surface area contributed by atoms with E-state index in [1.807, 2.05) is 63.2 Å². The van der Waals surface area contributed by atoms with Gasteiger partial charge in [-0.15, -0.1) is 0 Å². The van der Waals surface area contributed by atoms with E-state index in [1.165, 1.54) is 18.1 Å². The van der Waals surface area contributed by atoms with Gasteiger partial charge in [-0.1, -0.05) is 41.6 Å². The first-order chi connectivity index (χ1) is 12.5. The van der Waals surface area contributed by atoms with Crippen LogP contribution in [0.4, 0.5) is 17.2 Å². The van der Waals surface area contributed by atoms with Gasteiger partial charge in [0, 0.05) is 10.6 Å². The molecule has 3 aromatic rings. The molecule has 0 aliphatic carbocycles. The third-order valence-corrected chi connectivity index (χ3v) is 5.06. The van der Waals surface area contributed by atoms with Gasteiger partial charge in [0.1, 0.15) is 6.33 Å². The highest BCUT2D eigenvalue weighted by Gasteiger charge is 2.24. The predicted octanol–water partition coefficient (Wildman–Crippen LogP) is 5.20. The monoisotopic (exact) mass is 366 g/mol. The summed E-state index contributed by atoms with van der Waals surface area (Å²) in [6, 6.07) is 13.5. The van der Waals surface area contributed by atoms with Crippen LogP contribution in [0.15, 0.2) is 58.7 Å². The lowest BCUT2D eigenvalue weighted by Crippen LogP contribution is -2.04. The third-order valence-electron chi connectivity index (χ3n) is 4.06. The summed E-state index contributed by atoms with van der Waals surface area (Å²) < 4.78 is 0. The minimum absolute atomic E-state index is 0.126. The molecule has 7 heteroatoms. The molecule has 0 unspecified atom stereocenters. The molecule has 132 valence electrons. The average molecular weight is 366 g/mol. The molecule has 0 aliphatic heterocycles. The van der Waals surface area contributed by atoms with E-state index >= 15 is 0 Å². The number of nitro groups is 1. The van der Waals surface area contributed by atoms with Crippen LogP contribution >= 0.6 is 11.8 Å². The van der Waals surface area contributed by atoms with E-state index in [9.17, 15) is 10.1 Å². The van der Waals surface area contributed by atoms with E-state index in [1.54, 1.807) is 0 Å². The minimum Gasteiger partial charge on any atom is -0.334 e. The molecule has 0 bridgehead atoms. The molecule has 2 aromatic carbocycles. The van der Waals surface area contributed by atoms with Crippen molar-refractivity contribution in [1.29, 1.82) is 0 Å². The Morgan fingerprint density at radius 1 is 1.04 bits per heavy atom. The highest BCUT2D eigenvalue weighted by molar-refractivity contribution is 7.99.